The Morgan fingerprint density at radius 3 is 2.25 bits per heavy atom. The van der Waals surface area contributed by atoms with Crippen molar-refractivity contribution in [2.75, 3.05) is 0 Å². The molecule has 2 aliphatic rings. The second-order valence-electron chi connectivity index (χ2n) is 6.65. The highest BCUT2D eigenvalue weighted by molar-refractivity contribution is 6.70. The minimum absolute atomic E-state index is 0.0406. The van der Waals surface area contributed by atoms with E-state index in [1.165, 1.54) is 12.8 Å². The quantitative estimate of drug-likeness (QED) is 0.531. The van der Waals surface area contributed by atoms with E-state index in [4.69, 9.17) is 27.6 Å². The largest absolute Gasteiger partial charge is 0.408 e. The van der Waals surface area contributed by atoms with Crippen molar-refractivity contribution in [3.8, 4) is 0 Å². The Kier molecular flexibility index (Phi) is 2.81. The van der Waals surface area contributed by atoms with Crippen LogP contribution >= 0.6 is 23.2 Å². The van der Waals surface area contributed by atoms with Gasteiger partial charge < -0.3 is 4.43 Å². The van der Waals surface area contributed by atoms with Crippen LogP contribution in [0.2, 0.25) is 19.6 Å². The van der Waals surface area contributed by atoms with E-state index in [2.05, 4.69) is 33.5 Å². The lowest BCUT2D eigenvalue weighted by Crippen LogP contribution is -2.43. The van der Waals surface area contributed by atoms with Crippen LogP contribution in [0.1, 0.15) is 33.1 Å². The minimum atomic E-state index is -1.62. The van der Waals surface area contributed by atoms with E-state index >= 15 is 0 Å². The molecule has 1 nitrogen and oxygen atoms in total. The molecule has 0 bridgehead atoms. The molecule has 4 heteroatoms. The average molecular weight is 281 g/mol. The lowest BCUT2D eigenvalue weighted by atomic mass is 9.81. The minimum Gasteiger partial charge on any atom is -0.408 e. The molecule has 2 saturated carbocycles. The van der Waals surface area contributed by atoms with Crippen LogP contribution < -0.4 is 0 Å². The Hall–Kier alpha value is 0.757. The van der Waals surface area contributed by atoms with Crippen LogP contribution in [0.25, 0.3) is 0 Å². The first-order chi connectivity index (χ1) is 7.08. The van der Waals surface area contributed by atoms with E-state index in [0.29, 0.717) is 5.92 Å². The van der Waals surface area contributed by atoms with Gasteiger partial charge in [-0.05, 0) is 38.4 Å². The molecule has 16 heavy (non-hydrogen) atoms. The number of halogens is 2. The van der Waals surface area contributed by atoms with Gasteiger partial charge in [0.2, 0.25) is 0 Å². The van der Waals surface area contributed by atoms with Gasteiger partial charge in [0.25, 0.3) is 0 Å². The number of fused-ring (bicyclic) bond motifs is 1. The molecule has 0 spiro atoms. The van der Waals surface area contributed by atoms with Crippen molar-refractivity contribution in [2.24, 2.45) is 11.3 Å². The lowest BCUT2D eigenvalue weighted by Gasteiger charge is -2.37. The molecule has 0 heterocycles. The van der Waals surface area contributed by atoms with Crippen LogP contribution in [0.5, 0.6) is 0 Å². The Morgan fingerprint density at radius 2 is 1.81 bits per heavy atom. The Balaban J connectivity index is 2.36. The molecule has 0 aliphatic heterocycles. The summed E-state index contributed by atoms with van der Waals surface area (Å²) in [6.07, 6.45) is 3.49. The summed E-state index contributed by atoms with van der Waals surface area (Å²) in [5, 5.41) is 0. The van der Waals surface area contributed by atoms with Gasteiger partial charge in [0, 0.05) is 5.41 Å². The molecule has 0 saturated heterocycles. The van der Waals surface area contributed by atoms with Crippen molar-refractivity contribution in [3.05, 3.63) is 0 Å². The number of hydrogen-bond acceptors (Lipinski definition) is 1. The predicted octanol–water partition coefficient (Wildman–Crippen LogP) is 4.59. The summed E-state index contributed by atoms with van der Waals surface area (Å²) in [6.45, 7) is 11.1. The zero-order chi connectivity index (χ0) is 12.4. The predicted molar refractivity (Wildman–Crippen MR) is 72.7 cm³/mol. The van der Waals surface area contributed by atoms with Gasteiger partial charge in [-0.1, -0.05) is 43.5 Å². The molecule has 2 rings (SSSR count). The SMILES string of the molecule is CC1CCCC2(C)C(Cl)(Cl)C12O[Si](C)(C)C. The summed E-state index contributed by atoms with van der Waals surface area (Å²) >= 11 is 13.2. The van der Waals surface area contributed by atoms with Crippen molar-refractivity contribution in [3.63, 3.8) is 0 Å². The van der Waals surface area contributed by atoms with Gasteiger partial charge >= 0.3 is 0 Å². The summed E-state index contributed by atoms with van der Waals surface area (Å²) in [6, 6.07) is 0. The second-order valence-corrected chi connectivity index (χ2v) is 12.4. The van der Waals surface area contributed by atoms with Crippen LogP contribution in [0.15, 0.2) is 0 Å². The van der Waals surface area contributed by atoms with E-state index < -0.39 is 12.7 Å². The van der Waals surface area contributed by atoms with Crippen LogP contribution in [0.3, 0.4) is 0 Å². The van der Waals surface area contributed by atoms with E-state index in [0.717, 1.165) is 6.42 Å². The third-order valence-electron chi connectivity index (χ3n) is 4.39. The maximum atomic E-state index is 6.58. The molecule has 0 aromatic carbocycles. The van der Waals surface area contributed by atoms with E-state index in [1.807, 2.05) is 0 Å². The van der Waals surface area contributed by atoms with Crippen molar-refractivity contribution in [2.45, 2.75) is 62.7 Å². The molecule has 2 aliphatic carbocycles. The van der Waals surface area contributed by atoms with Gasteiger partial charge in [0.15, 0.2) is 12.7 Å². The fourth-order valence-corrected chi connectivity index (χ4v) is 6.52. The average Bonchev–Trinajstić information content (AvgIpc) is 2.44. The molecule has 3 unspecified atom stereocenters. The van der Waals surface area contributed by atoms with Crippen LogP contribution in [0, 0.1) is 11.3 Å². The number of alkyl halides is 2. The lowest BCUT2D eigenvalue weighted by molar-refractivity contribution is 0.0382. The smallest absolute Gasteiger partial charge is 0.184 e. The molecule has 0 aromatic heterocycles. The Bertz CT molecular complexity index is 313. The molecular weight excluding hydrogens is 259 g/mol. The summed E-state index contributed by atoms with van der Waals surface area (Å²) in [4.78, 5) is 0. The van der Waals surface area contributed by atoms with Crippen molar-refractivity contribution >= 4 is 31.5 Å². The van der Waals surface area contributed by atoms with Crippen LogP contribution in [-0.2, 0) is 4.43 Å². The number of rotatable bonds is 2. The fourth-order valence-electron chi connectivity index (χ4n) is 3.60. The highest BCUT2D eigenvalue weighted by Gasteiger charge is 2.87. The molecule has 0 amide bonds. The van der Waals surface area contributed by atoms with E-state index in [1.54, 1.807) is 0 Å². The van der Waals surface area contributed by atoms with Gasteiger partial charge in [-0.15, -0.1) is 0 Å². The molecule has 0 N–H and O–H groups in total. The highest BCUT2D eigenvalue weighted by atomic mass is 35.5. The van der Waals surface area contributed by atoms with Crippen LogP contribution in [-0.4, -0.2) is 18.3 Å². The Morgan fingerprint density at radius 1 is 1.25 bits per heavy atom. The monoisotopic (exact) mass is 280 g/mol. The standard InChI is InChI=1S/C12H22Cl2OSi/c1-9-7-6-8-10(2)11(9,12(10,13)14)15-16(3,4)5/h9H,6-8H2,1-5H3. The molecule has 3 atom stereocenters. The van der Waals surface area contributed by atoms with Crippen molar-refractivity contribution in [1.82, 2.24) is 0 Å². The third kappa shape index (κ3) is 1.39. The van der Waals surface area contributed by atoms with Crippen molar-refractivity contribution in [1.29, 1.82) is 0 Å². The fraction of sp³-hybridized carbons (Fsp3) is 1.00. The van der Waals surface area contributed by atoms with Gasteiger partial charge in [-0.25, -0.2) is 0 Å². The van der Waals surface area contributed by atoms with Gasteiger partial charge in [0.1, 0.15) is 5.60 Å². The Labute approximate surface area is 110 Å². The molecule has 2 fully saturated rings. The van der Waals surface area contributed by atoms with Crippen LogP contribution in [0.4, 0.5) is 0 Å². The summed E-state index contributed by atoms with van der Waals surface area (Å²) in [5.41, 5.74) is -0.326. The maximum absolute atomic E-state index is 6.58. The van der Waals surface area contributed by atoms with E-state index in [-0.39, 0.29) is 11.0 Å². The van der Waals surface area contributed by atoms with Gasteiger partial charge in [-0.3, -0.25) is 0 Å². The molecule has 94 valence electrons. The zero-order valence-electron chi connectivity index (χ0n) is 10.9. The zero-order valence-corrected chi connectivity index (χ0v) is 13.4. The maximum Gasteiger partial charge on any atom is 0.184 e. The summed E-state index contributed by atoms with van der Waals surface area (Å²) in [5.74, 6) is 0.466. The van der Waals surface area contributed by atoms with Gasteiger partial charge in [0.05, 0.1) is 0 Å². The summed E-state index contributed by atoms with van der Waals surface area (Å²) < 4.78 is 5.76. The second kappa shape index (κ2) is 3.40. The molecule has 0 radical (unpaired) electrons. The first kappa shape index (κ1) is 13.2. The topological polar surface area (TPSA) is 9.23 Å². The molecular formula is C12H22Cl2OSi. The first-order valence-corrected chi connectivity index (χ1v) is 10.3. The van der Waals surface area contributed by atoms with Crippen molar-refractivity contribution < 1.29 is 4.43 Å². The number of hydrogen-bond donors (Lipinski definition) is 0. The first-order valence-electron chi connectivity index (χ1n) is 6.16. The van der Waals surface area contributed by atoms with E-state index in [9.17, 15) is 0 Å². The van der Waals surface area contributed by atoms with Gasteiger partial charge in [-0.2, -0.15) is 0 Å². The normalized spacial score (nSPS) is 46.3. The third-order valence-corrected chi connectivity index (χ3v) is 6.72. The highest BCUT2D eigenvalue weighted by Crippen LogP contribution is 2.80. The summed E-state index contributed by atoms with van der Waals surface area (Å²) in [7, 11) is -1.62. The molecule has 0 aromatic rings.